The molecule has 0 atom stereocenters. The van der Waals surface area contributed by atoms with Crippen molar-refractivity contribution in [3.63, 3.8) is 0 Å². The van der Waals surface area contributed by atoms with Crippen LogP contribution in [0.5, 0.6) is 40.2 Å². The average Bonchev–Trinajstić information content (AvgIpc) is 2.70. The Labute approximate surface area is 167 Å². The Hall–Kier alpha value is -3.74. The maximum Gasteiger partial charge on any atom is 0.200 e. The molecule has 3 aromatic rings. The largest absolute Gasteiger partial charge is 0.504 e. The van der Waals surface area contributed by atoms with Crippen molar-refractivity contribution in [1.29, 1.82) is 0 Å². The molecule has 0 unspecified atom stereocenters. The van der Waals surface area contributed by atoms with Crippen molar-refractivity contribution in [2.75, 3.05) is 0 Å². The summed E-state index contributed by atoms with van der Waals surface area (Å²) in [5.74, 6) is -2.33. The van der Waals surface area contributed by atoms with Gasteiger partial charge in [-0.3, -0.25) is 0 Å². The molecule has 0 amide bonds. The van der Waals surface area contributed by atoms with Crippen LogP contribution in [0.25, 0.3) is 0 Å². The van der Waals surface area contributed by atoms with E-state index in [0.717, 1.165) is 11.1 Å². The Bertz CT molecular complexity index is 964. The van der Waals surface area contributed by atoms with Gasteiger partial charge >= 0.3 is 0 Å². The lowest BCUT2D eigenvalue weighted by Crippen LogP contribution is -1.97. The average molecular weight is 398 g/mol. The van der Waals surface area contributed by atoms with Crippen molar-refractivity contribution in [2.45, 2.75) is 25.7 Å². The zero-order valence-electron chi connectivity index (χ0n) is 15.5. The number of hydrogen-bond acceptors (Lipinski definition) is 7. The van der Waals surface area contributed by atoms with Gasteiger partial charge in [-0.05, 0) is 78.3 Å². The third-order valence-electron chi connectivity index (χ3n) is 4.85. The van der Waals surface area contributed by atoms with Gasteiger partial charge in [0.25, 0.3) is 0 Å². The van der Waals surface area contributed by atoms with Gasteiger partial charge in [0.05, 0.1) is 0 Å². The summed E-state index contributed by atoms with van der Waals surface area (Å²) in [5, 5.41) is 68.4. The fraction of sp³-hybridized carbons (Fsp3) is 0.182. The first-order valence-corrected chi connectivity index (χ1v) is 9.03. The first-order valence-electron chi connectivity index (χ1n) is 9.03. The molecule has 29 heavy (non-hydrogen) atoms. The number of aromatic hydroxyl groups is 7. The highest BCUT2D eigenvalue weighted by molar-refractivity contribution is 5.58. The maximum atomic E-state index is 10.2. The molecule has 7 N–H and O–H groups in total. The van der Waals surface area contributed by atoms with Gasteiger partial charge in [-0.25, -0.2) is 0 Å². The minimum absolute atomic E-state index is 0.221. The maximum absolute atomic E-state index is 10.2. The second-order valence-electron chi connectivity index (χ2n) is 6.89. The van der Waals surface area contributed by atoms with Crippen LogP contribution in [0.4, 0.5) is 0 Å². The highest BCUT2D eigenvalue weighted by Crippen LogP contribution is 2.41. The first kappa shape index (κ1) is 20.0. The molecule has 3 aromatic carbocycles. The predicted molar refractivity (Wildman–Crippen MR) is 106 cm³/mol. The van der Waals surface area contributed by atoms with Crippen LogP contribution in [-0.2, 0) is 25.7 Å². The number of phenols is 7. The van der Waals surface area contributed by atoms with Crippen molar-refractivity contribution in [2.24, 2.45) is 0 Å². The second kappa shape index (κ2) is 8.10. The Morgan fingerprint density at radius 1 is 0.414 bits per heavy atom. The normalized spacial score (nSPS) is 10.9. The Morgan fingerprint density at radius 2 is 0.828 bits per heavy atom. The number of hydrogen-bond donors (Lipinski definition) is 7. The van der Waals surface area contributed by atoms with E-state index in [1.165, 1.54) is 24.3 Å². The van der Waals surface area contributed by atoms with Crippen LogP contribution in [0.15, 0.2) is 42.5 Å². The summed E-state index contributed by atoms with van der Waals surface area (Å²) < 4.78 is 0. The third-order valence-corrected chi connectivity index (χ3v) is 4.85. The Balaban J connectivity index is 1.78. The molecular weight excluding hydrogens is 376 g/mol. The molecular formula is C22H22O7. The molecule has 3 rings (SSSR count). The van der Waals surface area contributed by atoms with Gasteiger partial charge in [0.1, 0.15) is 0 Å². The molecule has 0 aliphatic heterocycles. The fourth-order valence-electron chi connectivity index (χ4n) is 3.15. The van der Waals surface area contributed by atoms with Crippen LogP contribution in [0.3, 0.4) is 0 Å². The van der Waals surface area contributed by atoms with Crippen molar-refractivity contribution in [3.05, 3.63) is 64.7 Å². The minimum atomic E-state index is -0.598. The van der Waals surface area contributed by atoms with E-state index in [4.69, 9.17) is 0 Å². The zero-order chi connectivity index (χ0) is 21.1. The summed E-state index contributed by atoms with van der Waals surface area (Å²) in [6.45, 7) is 0. The minimum Gasteiger partial charge on any atom is -0.504 e. The third kappa shape index (κ3) is 4.40. The van der Waals surface area contributed by atoms with Gasteiger partial charge in [-0.2, -0.15) is 0 Å². The van der Waals surface area contributed by atoms with Gasteiger partial charge in [-0.15, -0.1) is 0 Å². The molecule has 0 saturated heterocycles. The molecule has 7 heteroatoms. The van der Waals surface area contributed by atoms with Gasteiger partial charge in [0, 0.05) is 0 Å². The fourth-order valence-corrected chi connectivity index (χ4v) is 3.15. The molecule has 0 saturated carbocycles. The lowest BCUT2D eigenvalue weighted by Gasteiger charge is -2.13. The smallest absolute Gasteiger partial charge is 0.200 e. The predicted octanol–water partition coefficient (Wildman–Crippen LogP) is 3.20. The van der Waals surface area contributed by atoms with Crippen LogP contribution >= 0.6 is 0 Å². The standard InChI is InChI=1S/C22H22O7/c23-16-7-3-12(9-18(16)25)1-5-14-11-15(21(28)22(29)20(14)27)6-2-13-4-8-17(24)19(26)10-13/h3-4,7-11,23-29H,1-2,5-6H2. The quantitative estimate of drug-likeness (QED) is 0.316. The summed E-state index contributed by atoms with van der Waals surface area (Å²) in [6.07, 6.45) is 1.52. The van der Waals surface area contributed by atoms with Gasteiger partial charge < -0.3 is 35.7 Å². The summed E-state index contributed by atoms with van der Waals surface area (Å²) in [7, 11) is 0. The van der Waals surface area contributed by atoms with E-state index in [9.17, 15) is 35.7 Å². The van der Waals surface area contributed by atoms with Crippen LogP contribution < -0.4 is 0 Å². The highest BCUT2D eigenvalue weighted by Gasteiger charge is 2.17. The van der Waals surface area contributed by atoms with E-state index in [1.807, 2.05) is 0 Å². The van der Waals surface area contributed by atoms with Crippen LogP contribution in [0.1, 0.15) is 22.3 Å². The number of benzene rings is 3. The van der Waals surface area contributed by atoms with E-state index in [2.05, 4.69) is 0 Å². The Kier molecular flexibility index (Phi) is 5.59. The molecule has 0 radical (unpaired) electrons. The van der Waals surface area contributed by atoms with E-state index < -0.39 is 17.2 Å². The lowest BCUT2D eigenvalue weighted by molar-refractivity contribution is 0.362. The summed E-state index contributed by atoms with van der Waals surface area (Å²) in [6, 6.07) is 10.5. The summed E-state index contributed by atoms with van der Waals surface area (Å²) in [5.41, 5.74) is 2.31. The zero-order valence-corrected chi connectivity index (χ0v) is 15.5. The van der Waals surface area contributed by atoms with E-state index in [1.54, 1.807) is 18.2 Å². The summed E-state index contributed by atoms with van der Waals surface area (Å²) in [4.78, 5) is 0. The van der Waals surface area contributed by atoms with Crippen molar-refractivity contribution >= 4 is 0 Å². The van der Waals surface area contributed by atoms with E-state index in [-0.39, 0.29) is 23.0 Å². The molecule has 152 valence electrons. The van der Waals surface area contributed by atoms with E-state index in [0.29, 0.717) is 36.8 Å². The van der Waals surface area contributed by atoms with Gasteiger partial charge in [0.15, 0.2) is 34.5 Å². The topological polar surface area (TPSA) is 142 Å². The number of aryl methyl sites for hydroxylation is 4. The lowest BCUT2D eigenvalue weighted by atomic mass is 9.96. The molecule has 0 aromatic heterocycles. The molecule has 0 heterocycles. The Morgan fingerprint density at radius 3 is 1.21 bits per heavy atom. The molecule has 0 bridgehead atoms. The molecule has 0 aliphatic carbocycles. The van der Waals surface area contributed by atoms with Crippen LogP contribution in [0, 0.1) is 0 Å². The number of phenolic OH excluding ortho intramolecular Hbond substituents is 7. The molecule has 0 fully saturated rings. The van der Waals surface area contributed by atoms with Gasteiger partial charge in [-0.1, -0.05) is 12.1 Å². The molecule has 0 aliphatic rings. The van der Waals surface area contributed by atoms with Gasteiger partial charge in [0.2, 0.25) is 5.75 Å². The SMILES string of the molecule is Oc1ccc(CCc2cc(CCc3ccc(O)c(O)c3)c(O)c(O)c2O)cc1O. The van der Waals surface area contributed by atoms with Crippen molar-refractivity contribution < 1.29 is 35.7 Å². The first-order chi connectivity index (χ1) is 13.8. The second-order valence-corrected chi connectivity index (χ2v) is 6.89. The monoisotopic (exact) mass is 398 g/mol. The van der Waals surface area contributed by atoms with Crippen LogP contribution in [0.2, 0.25) is 0 Å². The molecule has 7 nitrogen and oxygen atoms in total. The van der Waals surface area contributed by atoms with Crippen LogP contribution in [-0.4, -0.2) is 35.7 Å². The van der Waals surface area contributed by atoms with E-state index >= 15 is 0 Å². The van der Waals surface area contributed by atoms with Crippen molar-refractivity contribution in [3.8, 4) is 40.2 Å². The highest BCUT2D eigenvalue weighted by atomic mass is 16.3. The van der Waals surface area contributed by atoms with Crippen molar-refractivity contribution in [1.82, 2.24) is 0 Å². The molecule has 0 spiro atoms. The number of rotatable bonds is 6. The summed E-state index contributed by atoms with van der Waals surface area (Å²) >= 11 is 0.